The Morgan fingerprint density at radius 3 is 2.30 bits per heavy atom. The summed E-state index contributed by atoms with van der Waals surface area (Å²) in [5.41, 5.74) is 2.74. The molecule has 2 aromatic rings. The van der Waals surface area contributed by atoms with Crippen molar-refractivity contribution in [3.05, 3.63) is 59.2 Å². The Labute approximate surface area is 116 Å². The van der Waals surface area contributed by atoms with Crippen molar-refractivity contribution < 1.29 is 15.0 Å². The highest BCUT2D eigenvalue weighted by Gasteiger charge is 2.22. The minimum atomic E-state index is -0.174. The third-order valence-corrected chi connectivity index (χ3v) is 3.56. The zero-order valence-electron chi connectivity index (χ0n) is 10.9. The van der Waals surface area contributed by atoms with E-state index in [-0.39, 0.29) is 29.4 Å². The smallest absolute Gasteiger partial charge is 0.180 e. The lowest BCUT2D eigenvalue weighted by atomic mass is 10.1. The predicted molar refractivity (Wildman–Crippen MR) is 74.7 cm³/mol. The van der Waals surface area contributed by atoms with Crippen LogP contribution in [0, 0.1) is 0 Å². The number of ketones is 1. The molecule has 2 N–H and O–H groups in total. The highest BCUT2D eigenvalue weighted by molar-refractivity contribution is 6.00. The SMILES string of the molecule is O=C(CN1Cc2ccccc2C1)c1ccc(O)cc1O. The van der Waals surface area contributed by atoms with Gasteiger partial charge in [-0.05, 0) is 23.3 Å². The minimum absolute atomic E-state index is 0.0485. The number of hydrogen-bond acceptors (Lipinski definition) is 4. The number of hydrogen-bond donors (Lipinski definition) is 2. The average molecular weight is 269 g/mol. The van der Waals surface area contributed by atoms with E-state index in [0.29, 0.717) is 0 Å². The Kier molecular flexibility index (Phi) is 3.16. The molecule has 2 aromatic carbocycles. The number of carbonyl (C=O) groups excluding carboxylic acids is 1. The van der Waals surface area contributed by atoms with Crippen LogP contribution in [0.25, 0.3) is 0 Å². The first-order chi connectivity index (χ1) is 9.63. The van der Waals surface area contributed by atoms with E-state index in [1.54, 1.807) is 0 Å². The molecule has 0 amide bonds. The molecular weight excluding hydrogens is 254 g/mol. The second-order valence-corrected chi connectivity index (χ2v) is 5.04. The molecule has 0 atom stereocenters. The van der Waals surface area contributed by atoms with Crippen LogP contribution in [0.4, 0.5) is 0 Å². The van der Waals surface area contributed by atoms with Gasteiger partial charge < -0.3 is 10.2 Å². The molecule has 4 nitrogen and oxygen atoms in total. The van der Waals surface area contributed by atoms with Crippen LogP contribution >= 0.6 is 0 Å². The number of aromatic hydroxyl groups is 2. The fourth-order valence-electron chi connectivity index (χ4n) is 2.56. The van der Waals surface area contributed by atoms with Gasteiger partial charge in [-0.25, -0.2) is 0 Å². The van der Waals surface area contributed by atoms with Crippen LogP contribution in [0.5, 0.6) is 11.5 Å². The van der Waals surface area contributed by atoms with Gasteiger partial charge in [0.25, 0.3) is 0 Å². The lowest BCUT2D eigenvalue weighted by Gasteiger charge is -2.14. The van der Waals surface area contributed by atoms with E-state index in [9.17, 15) is 15.0 Å². The van der Waals surface area contributed by atoms with E-state index in [0.717, 1.165) is 13.1 Å². The fraction of sp³-hybridized carbons (Fsp3) is 0.188. The Bertz CT molecular complexity index is 642. The van der Waals surface area contributed by atoms with Gasteiger partial charge >= 0.3 is 0 Å². The van der Waals surface area contributed by atoms with Gasteiger partial charge in [0, 0.05) is 19.2 Å². The molecule has 4 heteroatoms. The summed E-state index contributed by atoms with van der Waals surface area (Å²) in [7, 11) is 0. The van der Waals surface area contributed by atoms with Gasteiger partial charge in [0.2, 0.25) is 0 Å². The van der Waals surface area contributed by atoms with E-state index >= 15 is 0 Å². The average Bonchev–Trinajstić information content (AvgIpc) is 2.80. The number of carbonyl (C=O) groups is 1. The number of phenolic OH excluding ortho intramolecular Hbond substituents is 2. The molecule has 0 aromatic heterocycles. The van der Waals surface area contributed by atoms with E-state index in [2.05, 4.69) is 12.1 Å². The van der Waals surface area contributed by atoms with Gasteiger partial charge in [0.15, 0.2) is 5.78 Å². The number of benzene rings is 2. The monoisotopic (exact) mass is 269 g/mol. The van der Waals surface area contributed by atoms with Gasteiger partial charge in [0.05, 0.1) is 12.1 Å². The zero-order chi connectivity index (χ0) is 14.1. The molecule has 0 saturated carbocycles. The number of nitrogens with zero attached hydrogens (tertiary/aromatic N) is 1. The van der Waals surface area contributed by atoms with Gasteiger partial charge in [-0.3, -0.25) is 9.69 Å². The molecule has 0 bridgehead atoms. The van der Waals surface area contributed by atoms with Crippen LogP contribution in [0.2, 0.25) is 0 Å². The quantitative estimate of drug-likeness (QED) is 0.839. The molecule has 0 aliphatic carbocycles. The summed E-state index contributed by atoms with van der Waals surface area (Å²) in [6.45, 7) is 1.76. The van der Waals surface area contributed by atoms with Crippen LogP contribution in [-0.2, 0) is 13.1 Å². The van der Waals surface area contributed by atoms with Crippen molar-refractivity contribution in [2.75, 3.05) is 6.54 Å². The largest absolute Gasteiger partial charge is 0.508 e. The Morgan fingerprint density at radius 2 is 1.70 bits per heavy atom. The minimum Gasteiger partial charge on any atom is -0.508 e. The molecule has 1 heterocycles. The first-order valence-corrected chi connectivity index (χ1v) is 6.48. The molecule has 0 unspecified atom stereocenters. The van der Waals surface area contributed by atoms with Crippen LogP contribution in [-0.4, -0.2) is 27.4 Å². The number of phenols is 2. The summed E-state index contributed by atoms with van der Waals surface area (Å²) >= 11 is 0. The van der Waals surface area contributed by atoms with Crippen molar-refractivity contribution in [2.24, 2.45) is 0 Å². The van der Waals surface area contributed by atoms with Crippen LogP contribution in [0.15, 0.2) is 42.5 Å². The van der Waals surface area contributed by atoms with Crippen LogP contribution in [0.1, 0.15) is 21.5 Å². The first-order valence-electron chi connectivity index (χ1n) is 6.48. The fourth-order valence-corrected chi connectivity index (χ4v) is 2.56. The number of fused-ring (bicyclic) bond motifs is 1. The molecule has 102 valence electrons. The Morgan fingerprint density at radius 1 is 1.05 bits per heavy atom. The van der Waals surface area contributed by atoms with Gasteiger partial charge in [0.1, 0.15) is 11.5 Å². The van der Waals surface area contributed by atoms with Crippen molar-refractivity contribution in [1.29, 1.82) is 0 Å². The summed E-state index contributed by atoms with van der Waals surface area (Å²) in [5.74, 6) is -0.366. The molecule has 0 spiro atoms. The third-order valence-electron chi connectivity index (χ3n) is 3.56. The normalized spacial score (nSPS) is 14.2. The van der Waals surface area contributed by atoms with E-state index in [4.69, 9.17) is 0 Å². The Hall–Kier alpha value is -2.33. The summed E-state index contributed by atoms with van der Waals surface area (Å²) in [4.78, 5) is 14.2. The second kappa shape index (κ2) is 4.98. The number of rotatable bonds is 3. The van der Waals surface area contributed by atoms with Gasteiger partial charge in [-0.15, -0.1) is 0 Å². The van der Waals surface area contributed by atoms with Crippen molar-refractivity contribution in [1.82, 2.24) is 4.90 Å². The molecule has 1 aliphatic rings. The summed E-state index contributed by atoms with van der Waals surface area (Å²) in [5, 5.41) is 19.0. The van der Waals surface area contributed by atoms with Gasteiger partial charge in [-0.1, -0.05) is 24.3 Å². The topological polar surface area (TPSA) is 60.8 Å². The van der Waals surface area contributed by atoms with Gasteiger partial charge in [-0.2, -0.15) is 0 Å². The lowest BCUT2D eigenvalue weighted by molar-refractivity contribution is 0.0927. The molecule has 0 radical (unpaired) electrons. The maximum atomic E-state index is 12.2. The molecular formula is C16H15NO3. The van der Waals surface area contributed by atoms with Crippen molar-refractivity contribution in [2.45, 2.75) is 13.1 Å². The Balaban J connectivity index is 1.72. The summed E-state index contributed by atoms with van der Waals surface area (Å²) in [6.07, 6.45) is 0. The van der Waals surface area contributed by atoms with Crippen LogP contribution in [0.3, 0.4) is 0 Å². The first kappa shape index (κ1) is 12.7. The maximum Gasteiger partial charge on any atom is 0.180 e. The molecule has 0 fully saturated rings. The lowest BCUT2D eigenvalue weighted by Crippen LogP contribution is -2.24. The standard InChI is InChI=1S/C16H15NO3/c18-13-5-6-14(15(19)7-13)16(20)10-17-8-11-3-1-2-4-12(11)9-17/h1-7,18-19H,8-10H2. The zero-order valence-corrected chi connectivity index (χ0v) is 10.9. The highest BCUT2D eigenvalue weighted by atomic mass is 16.3. The molecule has 20 heavy (non-hydrogen) atoms. The molecule has 0 saturated heterocycles. The van der Waals surface area contributed by atoms with Crippen molar-refractivity contribution in [3.63, 3.8) is 0 Å². The predicted octanol–water partition coefficient (Wildman–Crippen LogP) is 2.30. The van der Waals surface area contributed by atoms with Crippen molar-refractivity contribution in [3.8, 4) is 11.5 Å². The van der Waals surface area contributed by atoms with E-state index in [1.807, 2.05) is 17.0 Å². The molecule has 3 rings (SSSR count). The highest BCUT2D eigenvalue weighted by Crippen LogP contribution is 2.25. The van der Waals surface area contributed by atoms with Crippen molar-refractivity contribution >= 4 is 5.78 Å². The van der Waals surface area contributed by atoms with E-state index < -0.39 is 0 Å². The second-order valence-electron chi connectivity index (χ2n) is 5.04. The molecule has 1 aliphatic heterocycles. The third kappa shape index (κ3) is 2.38. The summed E-state index contributed by atoms with van der Waals surface area (Å²) < 4.78 is 0. The number of Topliss-reactive ketones (excluding diaryl/α,β-unsaturated/α-hetero) is 1. The van der Waals surface area contributed by atoms with Crippen LogP contribution < -0.4 is 0 Å². The van der Waals surface area contributed by atoms with E-state index in [1.165, 1.54) is 29.3 Å². The summed E-state index contributed by atoms with van der Waals surface area (Å²) in [6, 6.07) is 12.2. The maximum absolute atomic E-state index is 12.2.